The number of hydrogen-bond acceptors (Lipinski definition) is 2. The van der Waals surface area contributed by atoms with Gasteiger partial charge in [0.15, 0.2) is 0 Å². The normalized spacial score (nSPS) is 15.8. The number of nitrogens with one attached hydrogen (secondary N) is 1. The lowest BCUT2D eigenvalue weighted by Crippen LogP contribution is -2.43. The highest BCUT2D eigenvalue weighted by Gasteiger charge is 2.32. The van der Waals surface area contributed by atoms with Crippen LogP contribution in [0.1, 0.15) is 42.9 Å². The molecule has 6 heteroatoms. The SMILES string of the molecule is O=C(Nc1cccc(C(F)F)c1)C(c1ccccc1)N1CCCCC1=O. The number of hydrogen-bond donors (Lipinski definition) is 1. The average Bonchev–Trinajstić information content (AvgIpc) is 2.64. The predicted molar refractivity (Wildman–Crippen MR) is 94.8 cm³/mol. The zero-order chi connectivity index (χ0) is 18.5. The molecular formula is C20H20F2N2O2. The van der Waals surface area contributed by atoms with E-state index in [-0.39, 0.29) is 17.2 Å². The third kappa shape index (κ3) is 4.07. The molecule has 0 radical (unpaired) electrons. The van der Waals surface area contributed by atoms with E-state index in [0.717, 1.165) is 12.8 Å². The monoisotopic (exact) mass is 358 g/mol. The molecule has 0 aromatic heterocycles. The lowest BCUT2D eigenvalue weighted by Gasteiger charge is -2.34. The van der Waals surface area contributed by atoms with Crippen molar-refractivity contribution in [3.05, 3.63) is 65.7 Å². The third-order valence-electron chi connectivity index (χ3n) is 4.44. The van der Waals surface area contributed by atoms with Crippen LogP contribution in [-0.2, 0) is 9.59 Å². The Bertz CT molecular complexity index is 780. The fraction of sp³-hybridized carbons (Fsp3) is 0.300. The van der Waals surface area contributed by atoms with Crippen molar-refractivity contribution in [3.8, 4) is 0 Å². The standard InChI is InChI=1S/C20H20F2N2O2/c21-19(22)15-9-6-10-16(13-15)23-20(26)18(14-7-2-1-3-8-14)24-12-5-4-11-17(24)25/h1-3,6-10,13,18-19H,4-5,11-12H2,(H,23,26). The first kappa shape index (κ1) is 18.0. The zero-order valence-corrected chi connectivity index (χ0v) is 14.2. The van der Waals surface area contributed by atoms with E-state index in [9.17, 15) is 18.4 Å². The number of halogens is 2. The summed E-state index contributed by atoms with van der Waals surface area (Å²) >= 11 is 0. The first-order chi connectivity index (χ1) is 12.6. The van der Waals surface area contributed by atoms with Crippen LogP contribution in [0, 0.1) is 0 Å². The highest BCUT2D eigenvalue weighted by Crippen LogP contribution is 2.28. The number of alkyl halides is 2. The molecule has 4 nitrogen and oxygen atoms in total. The molecule has 1 aliphatic rings. The van der Waals surface area contributed by atoms with E-state index in [2.05, 4.69) is 5.32 Å². The summed E-state index contributed by atoms with van der Waals surface area (Å²) in [6.45, 7) is 0.503. The fourth-order valence-electron chi connectivity index (χ4n) is 3.17. The molecule has 0 bridgehead atoms. The zero-order valence-electron chi connectivity index (χ0n) is 14.2. The van der Waals surface area contributed by atoms with Gasteiger partial charge in [0.2, 0.25) is 5.91 Å². The van der Waals surface area contributed by atoms with Crippen LogP contribution in [0.3, 0.4) is 0 Å². The largest absolute Gasteiger partial charge is 0.327 e. The maximum absolute atomic E-state index is 12.9. The Balaban J connectivity index is 1.88. The van der Waals surface area contributed by atoms with E-state index < -0.39 is 18.4 Å². The van der Waals surface area contributed by atoms with E-state index in [4.69, 9.17) is 0 Å². The molecule has 26 heavy (non-hydrogen) atoms. The van der Waals surface area contributed by atoms with Gasteiger partial charge in [-0.05, 0) is 30.5 Å². The van der Waals surface area contributed by atoms with Crippen LogP contribution in [0.4, 0.5) is 14.5 Å². The van der Waals surface area contributed by atoms with Crippen molar-refractivity contribution in [1.82, 2.24) is 4.90 Å². The van der Waals surface area contributed by atoms with Crippen molar-refractivity contribution in [1.29, 1.82) is 0 Å². The Labute approximate surface area is 150 Å². The second-order valence-corrected chi connectivity index (χ2v) is 6.27. The van der Waals surface area contributed by atoms with Gasteiger partial charge in [-0.15, -0.1) is 0 Å². The van der Waals surface area contributed by atoms with Crippen LogP contribution in [0.5, 0.6) is 0 Å². The van der Waals surface area contributed by atoms with Crippen molar-refractivity contribution in [2.24, 2.45) is 0 Å². The molecule has 1 aliphatic heterocycles. The number of benzene rings is 2. The van der Waals surface area contributed by atoms with Gasteiger partial charge >= 0.3 is 0 Å². The molecule has 1 N–H and O–H groups in total. The molecule has 1 atom stereocenters. The molecule has 0 spiro atoms. The summed E-state index contributed by atoms with van der Waals surface area (Å²) in [6.07, 6.45) is -0.546. The van der Waals surface area contributed by atoms with Gasteiger partial charge < -0.3 is 10.2 Å². The lowest BCUT2D eigenvalue weighted by atomic mass is 10.0. The number of carbonyl (C=O) groups excluding carboxylic acids is 2. The molecule has 1 heterocycles. The van der Waals surface area contributed by atoms with Gasteiger partial charge in [-0.1, -0.05) is 42.5 Å². The summed E-state index contributed by atoms with van der Waals surface area (Å²) in [6, 6.07) is 13.9. The number of carbonyl (C=O) groups is 2. The summed E-state index contributed by atoms with van der Waals surface area (Å²) in [7, 11) is 0. The average molecular weight is 358 g/mol. The summed E-state index contributed by atoms with van der Waals surface area (Å²) in [5, 5.41) is 2.69. The van der Waals surface area contributed by atoms with Gasteiger partial charge in [0.25, 0.3) is 12.3 Å². The second-order valence-electron chi connectivity index (χ2n) is 6.27. The number of rotatable bonds is 5. The van der Waals surface area contributed by atoms with E-state index in [1.807, 2.05) is 6.07 Å². The molecule has 0 aliphatic carbocycles. The molecule has 1 fully saturated rings. The molecule has 1 unspecified atom stereocenters. The third-order valence-corrected chi connectivity index (χ3v) is 4.44. The molecule has 136 valence electrons. The minimum absolute atomic E-state index is 0.0680. The first-order valence-corrected chi connectivity index (χ1v) is 8.59. The lowest BCUT2D eigenvalue weighted by molar-refractivity contribution is -0.141. The number of anilines is 1. The predicted octanol–water partition coefficient (Wildman–Crippen LogP) is 4.32. The van der Waals surface area contributed by atoms with E-state index in [1.165, 1.54) is 18.2 Å². The fourth-order valence-corrected chi connectivity index (χ4v) is 3.17. The highest BCUT2D eigenvalue weighted by atomic mass is 19.3. The van der Waals surface area contributed by atoms with Crippen LogP contribution in [0.25, 0.3) is 0 Å². The number of likely N-dealkylation sites (tertiary alicyclic amines) is 1. The first-order valence-electron chi connectivity index (χ1n) is 8.59. The van der Waals surface area contributed by atoms with Crippen LogP contribution in [0.2, 0.25) is 0 Å². The molecule has 0 saturated carbocycles. The molecule has 2 amide bonds. The summed E-state index contributed by atoms with van der Waals surface area (Å²) in [5.74, 6) is -0.473. The van der Waals surface area contributed by atoms with Crippen molar-refractivity contribution in [2.75, 3.05) is 11.9 Å². The Morgan fingerprint density at radius 1 is 1.00 bits per heavy atom. The van der Waals surface area contributed by atoms with Gasteiger partial charge in [-0.3, -0.25) is 9.59 Å². The second kappa shape index (κ2) is 8.08. The highest BCUT2D eigenvalue weighted by molar-refractivity contribution is 5.98. The summed E-state index contributed by atoms with van der Waals surface area (Å²) < 4.78 is 25.8. The maximum atomic E-state index is 12.9. The molecular weight excluding hydrogens is 338 g/mol. The van der Waals surface area contributed by atoms with Crippen molar-refractivity contribution in [2.45, 2.75) is 31.7 Å². The molecule has 2 aromatic carbocycles. The van der Waals surface area contributed by atoms with Gasteiger partial charge in [0.05, 0.1) is 0 Å². The van der Waals surface area contributed by atoms with Gasteiger partial charge in [0.1, 0.15) is 6.04 Å². The summed E-state index contributed by atoms with van der Waals surface area (Å²) in [4.78, 5) is 26.9. The number of nitrogens with zero attached hydrogens (tertiary/aromatic N) is 1. The van der Waals surface area contributed by atoms with Crippen molar-refractivity contribution >= 4 is 17.5 Å². The molecule has 1 saturated heterocycles. The van der Waals surface area contributed by atoms with Gasteiger partial charge in [-0.25, -0.2) is 8.78 Å². The van der Waals surface area contributed by atoms with Crippen molar-refractivity contribution < 1.29 is 18.4 Å². The Kier molecular flexibility index (Phi) is 5.61. The number of piperidine rings is 1. The Hall–Kier alpha value is -2.76. The molecule has 3 rings (SSSR count). The Morgan fingerprint density at radius 2 is 1.73 bits per heavy atom. The minimum atomic E-state index is -2.61. The van der Waals surface area contributed by atoms with Gasteiger partial charge in [-0.2, -0.15) is 0 Å². The topological polar surface area (TPSA) is 49.4 Å². The van der Waals surface area contributed by atoms with Crippen LogP contribution < -0.4 is 5.32 Å². The summed E-state index contributed by atoms with van der Waals surface area (Å²) in [5.41, 5.74) is 0.830. The smallest absolute Gasteiger partial charge is 0.263 e. The van der Waals surface area contributed by atoms with E-state index in [0.29, 0.717) is 18.5 Å². The number of amides is 2. The van der Waals surface area contributed by atoms with Crippen LogP contribution >= 0.6 is 0 Å². The van der Waals surface area contributed by atoms with E-state index >= 15 is 0 Å². The van der Waals surface area contributed by atoms with Crippen LogP contribution in [-0.4, -0.2) is 23.3 Å². The van der Waals surface area contributed by atoms with Crippen LogP contribution in [0.15, 0.2) is 54.6 Å². The molecule has 2 aromatic rings. The van der Waals surface area contributed by atoms with Gasteiger partial charge in [0, 0.05) is 24.2 Å². The van der Waals surface area contributed by atoms with E-state index in [1.54, 1.807) is 35.2 Å². The Morgan fingerprint density at radius 3 is 2.42 bits per heavy atom. The maximum Gasteiger partial charge on any atom is 0.263 e. The van der Waals surface area contributed by atoms with Crippen molar-refractivity contribution in [3.63, 3.8) is 0 Å². The minimum Gasteiger partial charge on any atom is -0.327 e. The quantitative estimate of drug-likeness (QED) is 0.865.